The number of aromatic nitrogens is 3. The fourth-order valence-corrected chi connectivity index (χ4v) is 4.66. The number of nitrogen functional groups attached to an aromatic ring is 1. The zero-order chi connectivity index (χ0) is 30.1. The maximum atomic E-state index is 6.37. The van der Waals surface area contributed by atoms with Gasteiger partial charge in [-0.05, 0) is 26.8 Å². The molecule has 0 amide bonds. The topological polar surface area (TPSA) is 132 Å². The number of para-hydroxylation sites is 1. The molecular formula is C31H52N6O4. The van der Waals surface area contributed by atoms with Gasteiger partial charge in [0.05, 0.1) is 50.7 Å². The van der Waals surface area contributed by atoms with Crippen molar-refractivity contribution in [3.63, 3.8) is 0 Å². The Kier molecular flexibility index (Phi) is 11.9. The van der Waals surface area contributed by atoms with Gasteiger partial charge in [-0.15, -0.1) is 0 Å². The SMILES string of the molecule is CCOCc1nc2c(N)nc3ccccc3c2n1CC(C)(C)NCC(C)(C)COCC(C)(C)COCCOCCN. The summed E-state index contributed by atoms with van der Waals surface area (Å²) in [5.74, 6) is 1.28. The van der Waals surface area contributed by atoms with Crippen molar-refractivity contribution in [2.45, 2.75) is 67.2 Å². The van der Waals surface area contributed by atoms with E-state index in [1.807, 2.05) is 25.1 Å². The molecule has 0 unspecified atom stereocenters. The van der Waals surface area contributed by atoms with Gasteiger partial charge >= 0.3 is 0 Å². The van der Waals surface area contributed by atoms with Crippen molar-refractivity contribution in [3.05, 3.63) is 30.1 Å². The maximum Gasteiger partial charge on any atom is 0.152 e. The van der Waals surface area contributed by atoms with E-state index >= 15 is 0 Å². The molecule has 1 aromatic carbocycles. The molecule has 0 aliphatic heterocycles. The van der Waals surface area contributed by atoms with Gasteiger partial charge in [0, 0.05) is 48.0 Å². The average Bonchev–Trinajstić information content (AvgIpc) is 3.26. The molecule has 0 spiro atoms. The summed E-state index contributed by atoms with van der Waals surface area (Å²) < 4.78 is 25.4. The standard InChI is InChI=1S/C31H52N6O4/c1-8-38-17-25-36-26-27(23-11-9-10-12-24(23)35-28(26)33)37(25)19-31(6,7)34-18-29(2,3)20-41-22-30(4,5)21-40-16-15-39-14-13-32/h9-12,34H,8,13-22,32H2,1-7H3,(H2,33,35). The van der Waals surface area contributed by atoms with Gasteiger partial charge in [0.25, 0.3) is 0 Å². The molecule has 41 heavy (non-hydrogen) atoms. The predicted molar refractivity (Wildman–Crippen MR) is 166 cm³/mol. The first kappa shape index (κ1) is 33.2. The minimum absolute atomic E-state index is 0.0729. The van der Waals surface area contributed by atoms with E-state index in [1.165, 1.54) is 0 Å². The Bertz CT molecular complexity index is 1240. The Balaban J connectivity index is 1.63. The van der Waals surface area contributed by atoms with Crippen LogP contribution >= 0.6 is 0 Å². The summed E-state index contributed by atoms with van der Waals surface area (Å²) >= 11 is 0. The Morgan fingerprint density at radius 1 is 0.854 bits per heavy atom. The van der Waals surface area contributed by atoms with E-state index in [4.69, 9.17) is 35.4 Å². The number of anilines is 1. The number of hydrogen-bond acceptors (Lipinski definition) is 9. The van der Waals surface area contributed by atoms with Crippen LogP contribution in [0.2, 0.25) is 0 Å². The van der Waals surface area contributed by atoms with Crippen LogP contribution in [-0.2, 0) is 32.1 Å². The van der Waals surface area contributed by atoms with Crippen molar-refractivity contribution < 1.29 is 18.9 Å². The lowest BCUT2D eigenvalue weighted by Gasteiger charge is -2.34. The second kappa shape index (κ2) is 14.7. The fourth-order valence-electron chi connectivity index (χ4n) is 4.66. The highest BCUT2D eigenvalue weighted by atomic mass is 16.5. The second-order valence-electron chi connectivity index (χ2n) is 13.0. The number of ether oxygens (including phenoxy) is 4. The largest absolute Gasteiger partial charge is 0.382 e. The highest BCUT2D eigenvalue weighted by molar-refractivity contribution is 6.06. The molecule has 230 valence electrons. The first-order chi connectivity index (χ1) is 19.4. The van der Waals surface area contributed by atoms with Crippen LogP contribution in [0.3, 0.4) is 0 Å². The molecular weight excluding hydrogens is 520 g/mol. The zero-order valence-corrected chi connectivity index (χ0v) is 26.2. The average molecular weight is 573 g/mol. The van der Waals surface area contributed by atoms with Gasteiger partial charge in [-0.3, -0.25) is 0 Å². The molecule has 0 saturated carbocycles. The lowest BCUT2D eigenvalue weighted by Crippen LogP contribution is -2.48. The molecule has 10 heteroatoms. The molecule has 2 heterocycles. The summed E-state index contributed by atoms with van der Waals surface area (Å²) in [5, 5.41) is 4.82. The number of nitrogens with two attached hydrogens (primary N) is 2. The first-order valence-electron chi connectivity index (χ1n) is 14.7. The third-order valence-corrected chi connectivity index (χ3v) is 6.84. The quantitative estimate of drug-likeness (QED) is 0.181. The van der Waals surface area contributed by atoms with Gasteiger partial charge in [0.15, 0.2) is 5.82 Å². The number of imidazole rings is 1. The zero-order valence-electron chi connectivity index (χ0n) is 26.2. The van der Waals surface area contributed by atoms with E-state index in [-0.39, 0.29) is 16.4 Å². The molecule has 0 fully saturated rings. The van der Waals surface area contributed by atoms with Gasteiger partial charge in [-0.2, -0.15) is 0 Å². The van der Waals surface area contributed by atoms with E-state index < -0.39 is 0 Å². The predicted octanol–water partition coefficient (Wildman–Crippen LogP) is 4.13. The number of nitrogens with zero attached hydrogens (tertiary/aromatic N) is 3. The third kappa shape index (κ3) is 9.87. The summed E-state index contributed by atoms with van der Waals surface area (Å²) in [7, 11) is 0. The van der Waals surface area contributed by atoms with Crippen molar-refractivity contribution in [2.24, 2.45) is 16.6 Å². The van der Waals surface area contributed by atoms with E-state index in [9.17, 15) is 0 Å². The normalized spacial score (nSPS) is 13.1. The highest BCUT2D eigenvalue weighted by Gasteiger charge is 2.28. The van der Waals surface area contributed by atoms with Crippen LogP contribution in [0.4, 0.5) is 5.82 Å². The maximum absolute atomic E-state index is 6.37. The van der Waals surface area contributed by atoms with E-state index in [1.54, 1.807) is 0 Å². The van der Waals surface area contributed by atoms with Crippen LogP contribution in [0.5, 0.6) is 0 Å². The van der Waals surface area contributed by atoms with Gasteiger partial charge in [0.1, 0.15) is 17.9 Å². The van der Waals surface area contributed by atoms with Gasteiger partial charge in [-0.25, -0.2) is 9.97 Å². The minimum Gasteiger partial charge on any atom is -0.382 e. The van der Waals surface area contributed by atoms with Gasteiger partial charge in [0.2, 0.25) is 0 Å². The van der Waals surface area contributed by atoms with Crippen LogP contribution < -0.4 is 16.8 Å². The van der Waals surface area contributed by atoms with E-state index in [2.05, 4.69) is 62.5 Å². The van der Waals surface area contributed by atoms with Crippen molar-refractivity contribution in [1.82, 2.24) is 19.9 Å². The van der Waals surface area contributed by atoms with Crippen molar-refractivity contribution in [2.75, 3.05) is 65.1 Å². The number of hydrogen-bond donors (Lipinski definition) is 3. The van der Waals surface area contributed by atoms with E-state index in [0.29, 0.717) is 71.8 Å². The number of fused-ring (bicyclic) bond motifs is 3. The van der Waals surface area contributed by atoms with Gasteiger partial charge < -0.3 is 40.3 Å². The highest BCUT2D eigenvalue weighted by Crippen LogP contribution is 2.30. The van der Waals surface area contributed by atoms with Crippen LogP contribution in [0.1, 0.15) is 54.3 Å². The van der Waals surface area contributed by atoms with Crippen LogP contribution in [-0.4, -0.2) is 79.4 Å². The molecule has 10 nitrogen and oxygen atoms in total. The van der Waals surface area contributed by atoms with Gasteiger partial charge in [-0.1, -0.05) is 45.9 Å². The molecule has 5 N–H and O–H groups in total. The number of benzene rings is 1. The van der Waals surface area contributed by atoms with Crippen LogP contribution in [0.15, 0.2) is 24.3 Å². The lowest BCUT2D eigenvalue weighted by molar-refractivity contribution is -0.0363. The third-order valence-electron chi connectivity index (χ3n) is 6.84. The Hall–Kier alpha value is -2.34. The second-order valence-corrected chi connectivity index (χ2v) is 13.0. The number of nitrogens with one attached hydrogen (secondary N) is 1. The monoisotopic (exact) mass is 572 g/mol. The van der Waals surface area contributed by atoms with Crippen LogP contribution in [0, 0.1) is 10.8 Å². The molecule has 0 saturated heterocycles. The molecule has 0 radical (unpaired) electrons. The summed E-state index contributed by atoms with van der Waals surface area (Å²) in [5.41, 5.74) is 14.0. The summed E-state index contributed by atoms with van der Waals surface area (Å²) in [6.45, 7) is 21.7. The minimum atomic E-state index is -0.246. The molecule has 0 atom stereocenters. The molecule has 3 rings (SSSR count). The van der Waals surface area contributed by atoms with Crippen LogP contribution in [0.25, 0.3) is 21.9 Å². The summed E-state index contributed by atoms with van der Waals surface area (Å²) in [6.07, 6.45) is 0. The Morgan fingerprint density at radius 2 is 1.54 bits per heavy atom. The fraction of sp³-hybridized carbons (Fsp3) is 0.677. The molecule has 0 bridgehead atoms. The van der Waals surface area contributed by atoms with Crippen molar-refractivity contribution in [3.8, 4) is 0 Å². The Morgan fingerprint density at radius 3 is 2.27 bits per heavy atom. The molecule has 0 aliphatic rings. The number of rotatable bonds is 19. The van der Waals surface area contributed by atoms with Crippen molar-refractivity contribution in [1.29, 1.82) is 0 Å². The summed E-state index contributed by atoms with van der Waals surface area (Å²) in [4.78, 5) is 9.47. The lowest BCUT2D eigenvalue weighted by atomic mass is 9.92. The molecule has 3 aromatic rings. The Labute approximate surface area is 245 Å². The number of pyridine rings is 1. The van der Waals surface area contributed by atoms with E-state index in [0.717, 1.165) is 34.3 Å². The summed E-state index contributed by atoms with van der Waals surface area (Å²) in [6, 6.07) is 8.07. The first-order valence-corrected chi connectivity index (χ1v) is 14.7. The molecule has 0 aliphatic carbocycles. The smallest absolute Gasteiger partial charge is 0.152 e. The molecule has 2 aromatic heterocycles. The van der Waals surface area contributed by atoms with Crippen molar-refractivity contribution >= 4 is 27.8 Å².